The summed E-state index contributed by atoms with van der Waals surface area (Å²) in [6.07, 6.45) is 0. The van der Waals surface area contributed by atoms with E-state index in [0.717, 1.165) is 0 Å². The Kier molecular flexibility index (Phi) is 6.52. The summed E-state index contributed by atoms with van der Waals surface area (Å²) in [6, 6.07) is -0.670. The highest BCUT2D eigenvalue weighted by Crippen LogP contribution is 2.14. The third-order valence-electron chi connectivity index (χ3n) is 2.55. The molecule has 0 radical (unpaired) electrons. The Labute approximate surface area is 114 Å². The van der Waals surface area contributed by atoms with Crippen LogP contribution in [0.25, 0.3) is 0 Å². The summed E-state index contributed by atoms with van der Waals surface area (Å²) in [6.45, 7) is 8.75. The zero-order valence-corrected chi connectivity index (χ0v) is 12.5. The van der Waals surface area contributed by atoms with Gasteiger partial charge in [-0.1, -0.05) is 34.6 Å². The number of carbonyl (C=O) groups excluding carboxylic acids is 3. The van der Waals surface area contributed by atoms with Crippen LogP contribution in [0.15, 0.2) is 0 Å². The zero-order chi connectivity index (χ0) is 15.2. The highest BCUT2D eigenvalue weighted by molar-refractivity contribution is 5.91. The standard InChI is InChI=1S/C13H24N2O4/c1-8(2)10(15-12(18)13(3,4)5)11(17)14-7-9(16)19-6/h8,10H,7H2,1-6H3,(H,14,17)(H,15,18). The Hall–Kier alpha value is -1.59. The van der Waals surface area contributed by atoms with Crippen LogP contribution in [0.4, 0.5) is 0 Å². The molecule has 0 aromatic rings. The maximum absolute atomic E-state index is 11.9. The van der Waals surface area contributed by atoms with Crippen molar-refractivity contribution in [3.05, 3.63) is 0 Å². The molecule has 0 aliphatic rings. The molecule has 19 heavy (non-hydrogen) atoms. The topological polar surface area (TPSA) is 84.5 Å². The fourth-order valence-electron chi connectivity index (χ4n) is 1.23. The number of hydrogen-bond donors (Lipinski definition) is 2. The molecule has 0 bridgehead atoms. The summed E-state index contributed by atoms with van der Waals surface area (Å²) >= 11 is 0. The minimum Gasteiger partial charge on any atom is -0.468 e. The van der Waals surface area contributed by atoms with Crippen LogP contribution in [0.1, 0.15) is 34.6 Å². The summed E-state index contributed by atoms with van der Waals surface area (Å²) in [5, 5.41) is 5.14. The molecule has 1 atom stereocenters. The van der Waals surface area contributed by atoms with Gasteiger partial charge in [0.15, 0.2) is 0 Å². The molecule has 6 heteroatoms. The van der Waals surface area contributed by atoms with Crippen LogP contribution in [0, 0.1) is 11.3 Å². The maximum Gasteiger partial charge on any atom is 0.325 e. The average molecular weight is 272 g/mol. The quantitative estimate of drug-likeness (QED) is 0.712. The number of ether oxygens (including phenoxy) is 1. The summed E-state index contributed by atoms with van der Waals surface area (Å²) < 4.78 is 4.44. The number of rotatable bonds is 5. The van der Waals surface area contributed by atoms with Crippen molar-refractivity contribution in [3.63, 3.8) is 0 Å². The molecule has 0 aliphatic carbocycles. The predicted molar refractivity (Wildman–Crippen MR) is 71.2 cm³/mol. The summed E-state index contributed by atoms with van der Waals surface area (Å²) in [5.41, 5.74) is -0.574. The van der Waals surface area contributed by atoms with Gasteiger partial charge in [0.25, 0.3) is 0 Å². The van der Waals surface area contributed by atoms with Gasteiger partial charge in [0.2, 0.25) is 11.8 Å². The Bertz CT molecular complexity index is 345. The zero-order valence-electron chi connectivity index (χ0n) is 12.5. The fraction of sp³-hybridized carbons (Fsp3) is 0.769. The van der Waals surface area contributed by atoms with Crippen molar-refractivity contribution < 1.29 is 19.1 Å². The van der Waals surface area contributed by atoms with E-state index in [9.17, 15) is 14.4 Å². The molecule has 0 heterocycles. The first-order valence-corrected chi connectivity index (χ1v) is 6.25. The van der Waals surface area contributed by atoms with Gasteiger partial charge in [-0.05, 0) is 5.92 Å². The minimum absolute atomic E-state index is 0.0797. The van der Waals surface area contributed by atoms with E-state index in [2.05, 4.69) is 15.4 Å². The SMILES string of the molecule is COC(=O)CNC(=O)C(NC(=O)C(C)(C)C)C(C)C. The number of carbonyl (C=O) groups is 3. The molecule has 1 unspecified atom stereocenters. The van der Waals surface area contributed by atoms with Crippen molar-refractivity contribution in [2.24, 2.45) is 11.3 Å². The molecule has 0 aromatic heterocycles. The molecule has 0 saturated carbocycles. The van der Waals surface area contributed by atoms with Gasteiger partial charge in [0, 0.05) is 5.41 Å². The third-order valence-corrected chi connectivity index (χ3v) is 2.55. The van der Waals surface area contributed by atoms with Crippen LogP contribution in [-0.4, -0.2) is 37.5 Å². The van der Waals surface area contributed by atoms with E-state index in [1.165, 1.54) is 7.11 Å². The van der Waals surface area contributed by atoms with Crippen LogP contribution in [-0.2, 0) is 19.1 Å². The van der Waals surface area contributed by atoms with Crippen molar-refractivity contribution in [1.29, 1.82) is 0 Å². The number of nitrogens with one attached hydrogen (secondary N) is 2. The van der Waals surface area contributed by atoms with Crippen LogP contribution in [0.3, 0.4) is 0 Å². The van der Waals surface area contributed by atoms with Crippen LogP contribution >= 0.6 is 0 Å². The van der Waals surface area contributed by atoms with Crippen molar-refractivity contribution in [3.8, 4) is 0 Å². The highest BCUT2D eigenvalue weighted by atomic mass is 16.5. The lowest BCUT2D eigenvalue weighted by Crippen LogP contribution is -2.53. The molecule has 110 valence electrons. The molecular formula is C13H24N2O4. The van der Waals surface area contributed by atoms with Gasteiger partial charge in [0.1, 0.15) is 12.6 Å². The molecule has 0 aliphatic heterocycles. The lowest BCUT2D eigenvalue weighted by molar-refractivity contribution is -0.141. The molecule has 0 fully saturated rings. The minimum atomic E-state index is -0.670. The largest absolute Gasteiger partial charge is 0.468 e. The second-order valence-electron chi connectivity index (χ2n) is 5.74. The summed E-state index contributed by atoms with van der Waals surface area (Å²) in [4.78, 5) is 34.8. The van der Waals surface area contributed by atoms with Crippen molar-refractivity contribution in [1.82, 2.24) is 10.6 Å². The lowest BCUT2D eigenvalue weighted by atomic mass is 9.93. The second kappa shape index (κ2) is 7.11. The van der Waals surface area contributed by atoms with Crippen molar-refractivity contribution in [2.75, 3.05) is 13.7 Å². The van der Waals surface area contributed by atoms with Gasteiger partial charge in [0.05, 0.1) is 7.11 Å². The van der Waals surface area contributed by atoms with Gasteiger partial charge in [-0.3, -0.25) is 14.4 Å². The van der Waals surface area contributed by atoms with Crippen LogP contribution in [0.2, 0.25) is 0 Å². The Morgan fingerprint density at radius 2 is 1.68 bits per heavy atom. The molecule has 0 saturated heterocycles. The van der Waals surface area contributed by atoms with E-state index in [0.29, 0.717) is 0 Å². The molecule has 0 spiro atoms. The first kappa shape index (κ1) is 17.4. The first-order valence-electron chi connectivity index (χ1n) is 6.25. The van der Waals surface area contributed by atoms with Gasteiger partial charge in [-0.15, -0.1) is 0 Å². The van der Waals surface area contributed by atoms with Gasteiger partial charge < -0.3 is 15.4 Å². The average Bonchev–Trinajstić information content (AvgIpc) is 2.30. The van der Waals surface area contributed by atoms with Gasteiger partial charge in [-0.2, -0.15) is 0 Å². The first-order chi connectivity index (χ1) is 8.59. The summed E-state index contributed by atoms with van der Waals surface area (Å²) in [7, 11) is 1.25. The number of esters is 1. The monoisotopic (exact) mass is 272 g/mol. The molecular weight excluding hydrogens is 248 g/mol. The highest BCUT2D eigenvalue weighted by Gasteiger charge is 2.29. The molecule has 0 aromatic carbocycles. The van der Waals surface area contributed by atoms with Gasteiger partial charge in [-0.25, -0.2) is 0 Å². The van der Waals surface area contributed by atoms with E-state index in [4.69, 9.17) is 0 Å². The Balaban J connectivity index is 4.61. The van der Waals surface area contributed by atoms with E-state index < -0.39 is 23.3 Å². The molecule has 2 N–H and O–H groups in total. The number of amides is 2. The normalized spacial score (nSPS) is 12.8. The summed E-state index contributed by atoms with van der Waals surface area (Å²) in [5.74, 6) is -1.21. The third kappa shape index (κ3) is 6.22. The van der Waals surface area contributed by atoms with Crippen LogP contribution in [0.5, 0.6) is 0 Å². The van der Waals surface area contributed by atoms with Crippen molar-refractivity contribution in [2.45, 2.75) is 40.7 Å². The van der Waals surface area contributed by atoms with Gasteiger partial charge >= 0.3 is 5.97 Å². The van der Waals surface area contributed by atoms with Crippen LogP contribution < -0.4 is 10.6 Å². The second-order valence-corrected chi connectivity index (χ2v) is 5.74. The fourth-order valence-corrected chi connectivity index (χ4v) is 1.23. The Morgan fingerprint density at radius 1 is 1.16 bits per heavy atom. The number of methoxy groups -OCH3 is 1. The Morgan fingerprint density at radius 3 is 2.05 bits per heavy atom. The maximum atomic E-state index is 11.9. The lowest BCUT2D eigenvalue weighted by Gasteiger charge is -2.26. The number of hydrogen-bond acceptors (Lipinski definition) is 4. The van der Waals surface area contributed by atoms with E-state index in [-0.39, 0.29) is 18.4 Å². The smallest absolute Gasteiger partial charge is 0.325 e. The van der Waals surface area contributed by atoms with E-state index in [1.54, 1.807) is 20.8 Å². The molecule has 2 amide bonds. The molecule has 6 nitrogen and oxygen atoms in total. The molecule has 0 rings (SSSR count). The van der Waals surface area contributed by atoms with E-state index >= 15 is 0 Å². The van der Waals surface area contributed by atoms with Crippen molar-refractivity contribution >= 4 is 17.8 Å². The predicted octanol–water partition coefficient (Wildman–Crippen LogP) is 0.463. The van der Waals surface area contributed by atoms with E-state index in [1.807, 2.05) is 13.8 Å².